The fourth-order valence-electron chi connectivity index (χ4n) is 2.29. The van der Waals surface area contributed by atoms with Crippen molar-refractivity contribution in [1.29, 1.82) is 0 Å². The predicted molar refractivity (Wildman–Crippen MR) is 96.2 cm³/mol. The summed E-state index contributed by atoms with van der Waals surface area (Å²) < 4.78 is 19.0. The van der Waals surface area contributed by atoms with E-state index < -0.39 is 0 Å². The Morgan fingerprint density at radius 2 is 2.08 bits per heavy atom. The molecule has 0 spiro atoms. The zero-order valence-corrected chi connectivity index (χ0v) is 14.8. The van der Waals surface area contributed by atoms with Gasteiger partial charge in [-0.25, -0.2) is 4.39 Å². The minimum Gasteiger partial charge on any atom is -0.489 e. The van der Waals surface area contributed by atoms with E-state index in [0.29, 0.717) is 31.3 Å². The molecule has 0 bridgehead atoms. The highest BCUT2D eigenvalue weighted by molar-refractivity contribution is 5.81. The summed E-state index contributed by atoms with van der Waals surface area (Å²) in [5, 5.41) is 9.22. The van der Waals surface area contributed by atoms with Gasteiger partial charge in [-0.1, -0.05) is 13.0 Å². The van der Waals surface area contributed by atoms with Crippen molar-refractivity contribution in [2.45, 2.75) is 32.3 Å². The maximum Gasteiger partial charge on any atom is 0.223 e. The zero-order valence-electron chi connectivity index (χ0n) is 14.8. The van der Waals surface area contributed by atoms with Gasteiger partial charge in [0.2, 0.25) is 5.91 Å². The van der Waals surface area contributed by atoms with Gasteiger partial charge in [0.25, 0.3) is 0 Å². The van der Waals surface area contributed by atoms with E-state index in [1.165, 1.54) is 12.1 Å². The van der Waals surface area contributed by atoms with Crippen LogP contribution in [0.25, 0.3) is 0 Å². The van der Waals surface area contributed by atoms with Gasteiger partial charge in [0, 0.05) is 32.1 Å². The Hall–Kier alpha value is -2.31. The molecule has 138 valence electrons. The molecule has 0 aliphatic heterocycles. The summed E-state index contributed by atoms with van der Waals surface area (Å²) in [5.41, 5.74) is 0. The molecule has 1 atom stereocenters. The van der Waals surface area contributed by atoms with Gasteiger partial charge >= 0.3 is 0 Å². The largest absolute Gasteiger partial charge is 0.489 e. The summed E-state index contributed by atoms with van der Waals surface area (Å²) in [4.78, 5) is 15.7. The van der Waals surface area contributed by atoms with Crippen molar-refractivity contribution in [3.8, 4) is 5.75 Å². The van der Waals surface area contributed by atoms with Crippen molar-refractivity contribution in [3.63, 3.8) is 0 Å². The Morgan fingerprint density at radius 1 is 1.32 bits per heavy atom. The van der Waals surface area contributed by atoms with Gasteiger partial charge < -0.3 is 20.7 Å². The van der Waals surface area contributed by atoms with Crippen molar-refractivity contribution in [2.75, 3.05) is 26.7 Å². The van der Waals surface area contributed by atoms with E-state index in [1.54, 1.807) is 19.2 Å². The van der Waals surface area contributed by atoms with Gasteiger partial charge in [0.1, 0.15) is 17.7 Å². The fraction of sp³-hybridized carbons (Fsp3) is 0.556. The van der Waals surface area contributed by atoms with Crippen LogP contribution in [0, 0.1) is 11.7 Å². The van der Waals surface area contributed by atoms with Crippen LogP contribution in [-0.4, -0.2) is 44.7 Å². The van der Waals surface area contributed by atoms with Gasteiger partial charge in [0.05, 0.1) is 6.54 Å². The topological polar surface area (TPSA) is 74.8 Å². The molecule has 1 aliphatic rings. The van der Waals surface area contributed by atoms with Gasteiger partial charge in [-0.15, -0.1) is 0 Å². The molecule has 0 heterocycles. The average molecular weight is 350 g/mol. The van der Waals surface area contributed by atoms with Crippen LogP contribution >= 0.6 is 0 Å². The molecule has 6 nitrogen and oxygen atoms in total. The Bertz CT molecular complexity index is 590. The number of hydrogen-bond donors (Lipinski definition) is 3. The van der Waals surface area contributed by atoms with E-state index in [9.17, 15) is 9.18 Å². The number of halogens is 1. The van der Waals surface area contributed by atoms with E-state index in [0.717, 1.165) is 19.3 Å². The van der Waals surface area contributed by atoms with E-state index in [-0.39, 0.29) is 23.7 Å². The minimum absolute atomic E-state index is 0.102. The number of nitrogens with one attached hydrogen (secondary N) is 3. The molecule has 0 saturated heterocycles. The molecule has 1 fully saturated rings. The summed E-state index contributed by atoms with van der Waals surface area (Å²) in [5.74, 6) is 1.20. The minimum atomic E-state index is -0.314. The molecule has 25 heavy (non-hydrogen) atoms. The smallest absolute Gasteiger partial charge is 0.223 e. The Balaban J connectivity index is 1.67. The Labute approximate surface area is 148 Å². The molecule has 1 amide bonds. The quantitative estimate of drug-likeness (QED) is 0.360. The van der Waals surface area contributed by atoms with E-state index in [2.05, 4.69) is 20.9 Å². The Kier molecular flexibility index (Phi) is 7.50. The third kappa shape index (κ3) is 6.99. The summed E-state index contributed by atoms with van der Waals surface area (Å²) in [6.07, 6.45) is 2.69. The number of benzene rings is 1. The maximum atomic E-state index is 13.2. The number of amides is 1. The first kappa shape index (κ1) is 19.0. The monoisotopic (exact) mass is 350 g/mol. The number of carbonyl (C=O) groups excluding carboxylic acids is 1. The molecule has 0 radical (unpaired) electrons. The van der Waals surface area contributed by atoms with Crippen LogP contribution in [0.2, 0.25) is 0 Å². The zero-order chi connectivity index (χ0) is 18.1. The molecule has 1 aromatic rings. The lowest BCUT2D eigenvalue weighted by Gasteiger charge is -2.20. The first-order valence-corrected chi connectivity index (χ1v) is 8.76. The molecular formula is C18H27FN4O2. The lowest BCUT2D eigenvalue weighted by Crippen LogP contribution is -2.44. The number of guanidine groups is 1. The molecule has 2 rings (SSSR count). The number of hydrogen-bond acceptors (Lipinski definition) is 3. The van der Waals surface area contributed by atoms with E-state index in [4.69, 9.17) is 4.74 Å². The van der Waals surface area contributed by atoms with Gasteiger partial charge in [-0.2, -0.15) is 0 Å². The third-order valence-electron chi connectivity index (χ3n) is 3.94. The lowest BCUT2D eigenvalue weighted by molar-refractivity contribution is -0.122. The van der Waals surface area contributed by atoms with Crippen LogP contribution < -0.4 is 20.7 Å². The number of aliphatic imine (C=N–C) groups is 1. The van der Waals surface area contributed by atoms with Crippen molar-refractivity contribution < 1.29 is 13.9 Å². The summed E-state index contributed by atoms with van der Waals surface area (Å²) in [6.45, 7) is 3.71. The lowest BCUT2D eigenvalue weighted by atomic mass is 10.2. The molecule has 1 aromatic carbocycles. The standard InChI is InChI=1S/C18H27FN4O2/c1-3-15(25-16-6-4-5-14(19)11-16)12-23-18(20-2)22-10-9-21-17(24)13-7-8-13/h4-6,11,13,15H,3,7-10,12H2,1-2H3,(H,21,24)(H2,20,22,23). The highest BCUT2D eigenvalue weighted by Gasteiger charge is 2.28. The van der Waals surface area contributed by atoms with Gasteiger partial charge in [0.15, 0.2) is 5.96 Å². The van der Waals surface area contributed by atoms with Gasteiger partial charge in [-0.05, 0) is 31.4 Å². The molecule has 1 aliphatic carbocycles. The molecule has 1 unspecified atom stereocenters. The first-order valence-electron chi connectivity index (χ1n) is 8.76. The molecule has 0 aromatic heterocycles. The number of carbonyl (C=O) groups is 1. The molecule has 1 saturated carbocycles. The summed E-state index contributed by atoms with van der Waals surface area (Å²) in [7, 11) is 1.69. The van der Waals surface area contributed by atoms with Crippen molar-refractivity contribution in [3.05, 3.63) is 30.1 Å². The van der Waals surface area contributed by atoms with Crippen LogP contribution in [0.3, 0.4) is 0 Å². The third-order valence-corrected chi connectivity index (χ3v) is 3.94. The SMILES string of the molecule is CCC(CNC(=NC)NCCNC(=O)C1CC1)Oc1cccc(F)c1. The highest BCUT2D eigenvalue weighted by Crippen LogP contribution is 2.28. The fourth-order valence-corrected chi connectivity index (χ4v) is 2.29. The summed E-state index contributed by atoms with van der Waals surface area (Å²) >= 11 is 0. The van der Waals surface area contributed by atoms with Crippen LogP contribution in [0.4, 0.5) is 4.39 Å². The number of nitrogens with zero attached hydrogens (tertiary/aromatic N) is 1. The van der Waals surface area contributed by atoms with Crippen molar-refractivity contribution in [1.82, 2.24) is 16.0 Å². The van der Waals surface area contributed by atoms with Crippen molar-refractivity contribution >= 4 is 11.9 Å². The summed E-state index contributed by atoms with van der Waals surface area (Å²) in [6, 6.07) is 6.13. The highest BCUT2D eigenvalue weighted by atomic mass is 19.1. The van der Waals surface area contributed by atoms with Gasteiger partial charge in [-0.3, -0.25) is 9.79 Å². The normalized spacial score (nSPS) is 15.4. The van der Waals surface area contributed by atoms with E-state index >= 15 is 0 Å². The van der Waals surface area contributed by atoms with Crippen LogP contribution in [0.1, 0.15) is 26.2 Å². The Morgan fingerprint density at radius 3 is 2.72 bits per heavy atom. The first-order chi connectivity index (χ1) is 12.1. The number of rotatable bonds is 9. The molecular weight excluding hydrogens is 323 g/mol. The van der Waals surface area contributed by atoms with Crippen LogP contribution in [0.5, 0.6) is 5.75 Å². The van der Waals surface area contributed by atoms with Crippen molar-refractivity contribution in [2.24, 2.45) is 10.9 Å². The van der Waals surface area contributed by atoms with Crippen LogP contribution in [-0.2, 0) is 4.79 Å². The second-order valence-corrected chi connectivity index (χ2v) is 6.05. The second kappa shape index (κ2) is 9.86. The maximum absolute atomic E-state index is 13.2. The molecule has 7 heteroatoms. The predicted octanol–water partition coefficient (Wildman–Crippen LogP) is 1.67. The number of ether oxygens (including phenoxy) is 1. The average Bonchev–Trinajstić information content (AvgIpc) is 3.45. The van der Waals surface area contributed by atoms with Crippen LogP contribution in [0.15, 0.2) is 29.3 Å². The molecule has 3 N–H and O–H groups in total. The second-order valence-electron chi connectivity index (χ2n) is 6.05. The van der Waals surface area contributed by atoms with E-state index in [1.807, 2.05) is 6.92 Å².